The maximum absolute atomic E-state index is 6.31. The zero-order valence-electron chi connectivity index (χ0n) is 22.6. The summed E-state index contributed by atoms with van der Waals surface area (Å²) < 4.78 is 6.31. The van der Waals surface area contributed by atoms with Gasteiger partial charge in [-0.1, -0.05) is 45.0 Å². The summed E-state index contributed by atoms with van der Waals surface area (Å²) in [5.74, 6) is 1.93. The second-order valence-electron chi connectivity index (χ2n) is 10.6. The van der Waals surface area contributed by atoms with Gasteiger partial charge in [-0.2, -0.15) is 0 Å². The zero-order valence-corrected chi connectivity index (χ0v) is 22.6. The van der Waals surface area contributed by atoms with Gasteiger partial charge in [0.2, 0.25) is 11.8 Å². The molecular weight excluding hydrogens is 472 g/mol. The largest absolute Gasteiger partial charge is 0.437 e. The first-order valence-electron chi connectivity index (χ1n) is 12.9. The van der Waals surface area contributed by atoms with Crippen molar-refractivity contribution in [2.24, 2.45) is 0 Å². The van der Waals surface area contributed by atoms with Gasteiger partial charge in [-0.05, 0) is 73.0 Å². The molecule has 38 heavy (non-hydrogen) atoms. The van der Waals surface area contributed by atoms with Gasteiger partial charge in [0.25, 0.3) is 0 Å². The van der Waals surface area contributed by atoms with Crippen LogP contribution in [-0.4, -0.2) is 31.9 Å². The standard InChI is InChI=1S/C31H34N6O/c1-21(37(5)20-22-14-17-32-18-15-22)23-12-13-25-27(19-23)36-30(34-25)35-26-10-8-16-33-29(26)38-28-11-7-6-9-24(28)31(2,3)4/h6-19,21H,20H2,1-5H3,(H2,34,35,36). The molecule has 3 heterocycles. The first kappa shape index (κ1) is 25.4. The summed E-state index contributed by atoms with van der Waals surface area (Å²) in [5.41, 5.74) is 6.12. The van der Waals surface area contributed by atoms with E-state index in [-0.39, 0.29) is 11.5 Å². The molecule has 0 fully saturated rings. The number of ether oxygens (including phenoxy) is 1. The van der Waals surface area contributed by atoms with E-state index in [9.17, 15) is 0 Å². The van der Waals surface area contributed by atoms with Crippen molar-refractivity contribution < 1.29 is 4.74 Å². The molecule has 7 nitrogen and oxygen atoms in total. The molecule has 2 N–H and O–H groups in total. The number of para-hydroxylation sites is 1. The van der Waals surface area contributed by atoms with Crippen LogP contribution >= 0.6 is 0 Å². The molecule has 0 amide bonds. The number of hydrogen-bond donors (Lipinski definition) is 2. The molecule has 0 bridgehead atoms. The topological polar surface area (TPSA) is 79.0 Å². The van der Waals surface area contributed by atoms with Gasteiger partial charge in [0.05, 0.1) is 11.0 Å². The summed E-state index contributed by atoms with van der Waals surface area (Å²) in [7, 11) is 2.14. The van der Waals surface area contributed by atoms with E-state index in [0.717, 1.165) is 34.6 Å². The first-order valence-corrected chi connectivity index (χ1v) is 12.9. The Kier molecular flexibility index (Phi) is 7.11. The normalized spacial score (nSPS) is 12.6. The lowest BCUT2D eigenvalue weighted by Gasteiger charge is -2.25. The third-order valence-corrected chi connectivity index (χ3v) is 6.76. The minimum absolute atomic E-state index is 0.0566. The molecule has 0 radical (unpaired) electrons. The molecule has 1 atom stereocenters. The molecule has 0 saturated carbocycles. The highest BCUT2D eigenvalue weighted by molar-refractivity contribution is 5.79. The molecule has 5 rings (SSSR count). The molecule has 2 aromatic carbocycles. The Morgan fingerprint density at radius 2 is 1.76 bits per heavy atom. The van der Waals surface area contributed by atoms with Crippen LogP contribution in [0.15, 0.2) is 85.3 Å². The second-order valence-corrected chi connectivity index (χ2v) is 10.6. The number of hydrogen-bond acceptors (Lipinski definition) is 6. The maximum Gasteiger partial charge on any atom is 0.243 e. The third-order valence-electron chi connectivity index (χ3n) is 6.76. The van der Waals surface area contributed by atoms with E-state index in [1.54, 1.807) is 6.20 Å². The predicted molar refractivity (Wildman–Crippen MR) is 153 cm³/mol. The van der Waals surface area contributed by atoms with Crippen LogP contribution in [-0.2, 0) is 12.0 Å². The van der Waals surface area contributed by atoms with E-state index in [1.807, 2.05) is 42.7 Å². The average molecular weight is 507 g/mol. The van der Waals surface area contributed by atoms with Crippen LogP contribution in [0, 0.1) is 0 Å². The third kappa shape index (κ3) is 5.68. The van der Waals surface area contributed by atoms with Crippen molar-refractivity contribution in [3.63, 3.8) is 0 Å². The molecule has 1 unspecified atom stereocenters. The summed E-state index contributed by atoms with van der Waals surface area (Å²) in [6.07, 6.45) is 5.40. The fourth-order valence-electron chi connectivity index (χ4n) is 4.49. The maximum atomic E-state index is 6.31. The summed E-state index contributed by atoms with van der Waals surface area (Å²) in [6.45, 7) is 9.58. The van der Waals surface area contributed by atoms with Gasteiger partial charge in [-0.3, -0.25) is 9.88 Å². The molecular formula is C31H34N6O. The van der Waals surface area contributed by atoms with Crippen LogP contribution in [0.3, 0.4) is 0 Å². The van der Waals surface area contributed by atoms with Crippen molar-refractivity contribution in [1.82, 2.24) is 24.8 Å². The molecule has 3 aromatic heterocycles. The number of nitrogens with one attached hydrogen (secondary N) is 2. The molecule has 0 spiro atoms. The highest BCUT2D eigenvalue weighted by atomic mass is 16.5. The summed E-state index contributed by atoms with van der Waals surface area (Å²) in [6, 6.07) is 22.6. The van der Waals surface area contributed by atoms with Crippen LogP contribution in [0.2, 0.25) is 0 Å². The van der Waals surface area contributed by atoms with E-state index >= 15 is 0 Å². The van der Waals surface area contributed by atoms with Crippen molar-refractivity contribution in [2.45, 2.75) is 45.7 Å². The number of H-pyrrole nitrogens is 1. The van der Waals surface area contributed by atoms with Gasteiger partial charge in [-0.15, -0.1) is 0 Å². The molecule has 0 aliphatic heterocycles. The number of rotatable bonds is 8. The number of aromatic nitrogens is 4. The van der Waals surface area contributed by atoms with Crippen molar-refractivity contribution in [3.05, 3.63) is 102 Å². The number of pyridine rings is 2. The Bertz CT molecular complexity index is 1520. The molecule has 5 aromatic rings. The van der Waals surface area contributed by atoms with Crippen LogP contribution in [0.5, 0.6) is 11.6 Å². The van der Waals surface area contributed by atoms with Crippen LogP contribution < -0.4 is 10.1 Å². The smallest absolute Gasteiger partial charge is 0.243 e. The SMILES string of the molecule is CC(c1ccc2nc(Nc3cccnc3Oc3ccccc3C(C)(C)C)[nH]c2c1)N(C)Cc1ccncc1. The van der Waals surface area contributed by atoms with Gasteiger partial charge >= 0.3 is 0 Å². The van der Waals surface area contributed by atoms with Crippen molar-refractivity contribution in [2.75, 3.05) is 12.4 Å². The van der Waals surface area contributed by atoms with Crippen molar-refractivity contribution >= 4 is 22.7 Å². The van der Waals surface area contributed by atoms with Gasteiger partial charge in [0, 0.05) is 36.7 Å². The fourth-order valence-corrected chi connectivity index (χ4v) is 4.49. The Morgan fingerprint density at radius 1 is 0.974 bits per heavy atom. The lowest BCUT2D eigenvalue weighted by Crippen LogP contribution is -2.21. The highest BCUT2D eigenvalue weighted by Gasteiger charge is 2.20. The van der Waals surface area contributed by atoms with E-state index in [1.165, 1.54) is 11.1 Å². The number of aromatic amines is 1. The summed E-state index contributed by atoms with van der Waals surface area (Å²) in [4.78, 5) is 19.1. The fraction of sp³-hybridized carbons (Fsp3) is 0.258. The first-order chi connectivity index (χ1) is 18.3. The Morgan fingerprint density at radius 3 is 2.55 bits per heavy atom. The molecule has 0 aliphatic carbocycles. The highest BCUT2D eigenvalue weighted by Crippen LogP contribution is 2.36. The minimum Gasteiger partial charge on any atom is -0.437 e. The monoisotopic (exact) mass is 506 g/mol. The van der Waals surface area contributed by atoms with Crippen molar-refractivity contribution in [1.29, 1.82) is 0 Å². The van der Waals surface area contributed by atoms with Gasteiger partial charge in [0.15, 0.2) is 0 Å². The minimum atomic E-state index is -0.0566. The summed E-state index contributed by atoms with van der Waals surface area (Å²) in [5, 5.41) is 3.37. The Labute approximate surface area is 223 Å². The number of nitrogens with zero attached hydrogens (tertiary/aromatic N) is 4. The molecule has 0 saturated heterocycles. The van der Waals surface area contributed by atoms with E-state index in [2.05, 4.69) is 96.3 Å². The zero-order chi connectivity index (χ0) is 26.7. The lowest BCUT2D eigenvalue weighted by molar-refractivity contribution is 0.253. The quantitative estimate of drug-likeness (QED) is 0.229. The van der Waals surface area contributed by atoms with Gasteiger partial charge in [0.1, 0.15) is 11.4 Å². The Balaban J connectivity index is 1.35. The molecule has 0 aliphatic rings. The second kappa shape index (κ2) is 10.6. The predicted octanol–water partition coefficient (Wildman–Crippen LogP) is 7.38. The number of imidazole rings is 1. The average Bonchev–Trinajstić information content (AvgIpc) is 3.31. The lowest BCUT2D eigenvalue weighted by atomic mass is 9.86. The number of anilines is 2. The summed E-state index contributed by atoms with van der Waals surface area (Å²) >= 11 is 0. The van der Waals surface area contributed by atoms with Gasteiger partial charge < -0.3 is 15.0 Å². The number of fused-ring (bicyclic) bond motifs is 1. The Hall–Kier alpha value is -4.23. The van der Waals surface area contributed by atoms with Gasteiger partial charge in [-0.25, -0.2) is 9.97 Å². The molecule has 194 valence electrons. The number of benzene rings is 2. The van der Waals surface area contributed by atoms with Crippen molar-refractivity contribution in [3.8, 4) is 11.6 Å². The van der Waals surface area contributed by atoms with E-state index in [4.69, 9.17) is 9.72 Å². The van der Waals surface area contributed by atoms with Crippen LogP contribution in [0.25, 0.3) is 11.0 Å². The van der Waals surface area contributed by atoms with Crippen LogP contribution in [0.4, 0.5) is 11.6 Å². The van der Waals surface area contributed by atoms with E-state index in [0.29, 0.717) is 11.8 Å². The van der Waals surface area contributed by atoms with E-state index < -0.39 is 0 Å². The van der Waals surface area contributed by atoms with Crippen LogP contribution in [0.1, 0.15) is 50.4 Å². The molecule has 7 heteroatoms.